The monoisotopic (exact) mass is 396 g/mol. The molecule has 3 N–H and O–H groups in total. The zero-order valence-electron chi connectivity index (χ0n) is 18.0. The third-order valence-corrected chi connectivity index (χ3v) is 5.07. The minimum Gasteiger partial charge on any atom is -0.321 e. The Kier molecular flexibility index (Phi) is 7.29. The van der Waals surface area contributed by atoms with Gasteiger partial charge in [0.25, 0.3) is 11.8 Å². The van der Waals surface area contributed by atoms with Crippen molar-refractivity contribution in [2.45, 2.75) is 40.7 Å². The van der Waals surface area contributed by atoms with Gasteiger partial charge in [-0.05, 0) is 70.0 Å². The average Bonchev–Trinajstić information content (AvgIpc) is 2.64. The first-order valence-electron chi connectivity index (χ1n) is 9.70. The molecule has 1 unspecified atom stereocenters. The Labute approximate surface area is 172 Å². The van der Waals surface area contributed by atoms with Gasteiger partial charge in [0.05, 0.1) is 7.05 Å². The van der Waals surface area contributed by atoms with Crippen LogP contribution >= 0.6 is 0 Å². The van der Waals surface area contributed by atoms with E-state index in [9.17, 15) is 14.4 Å². The number of nitrogens with one attached hydrogen (secondary N) is 3. The van der Waals surface area contributed by atoms with Crippen LogP contribution in [-0.4, -0.2) is 37.2 Å². The van der Waals surface area contributed by atoms with Gasteiger partial charge in [0.15, 0.2) is 18.4 Å². The maximum atomic E-state index is 12.5. The van der Waals surface area contributed by atoms with Crippen LogP contribution < -0.4 is 15.5 Å². The lowest BCUT2D eigenvalue weighted by Crippen LogP contribution is -3.14. The molecule has 0 spiro atoms. The highest BCUT2D eigenvalue weighted by Gasteiger charge is 2.24. The van der Waals surface area contributed by atoms with Crippen LogP contribution in [0.2, 0.25) is 0 Å². The van der Waals surface area contributed by atoms with Crippen LogP contribution in [-0.2, 0) is 9.59 Å². The lowest BCUT2D eigenvalue weighted by Gasteiger charge is -2.21. The Morgan fingerprint density at radius 2 is 1.52 bits per heavy atom. The van der Waals surface area contributed by atoms with Crippen LogP contribution in [0, 0.1) is 20.8 Å². The number of carbonyl (C=O) groups is 3. The van der Waals surface area contributed by atoms with Crippen molar-refractivity contribution in [1.82, 2.24) is 0 Å². The molecule has 0 aliphatic heterocycles. The van der Waals surface area contributed by atoms with Crippen molar-refractivity contribution in [2.24, 2.45) is 0 Å². The lowest BCUT2D eigenvalue weighted by atomic mass is 10.1. The van der Waals surface area contributed by atoms with Crippen LogP contribution in [0.15, 0.2) is 36.4 Å². The van der Waals surface area contributed by atoms with Crippen molar-refractivity contribution in [2.75, 3.05) is 24.2 Å². The van der Waals surface area contributed by atoms with Gasteiger partial charge in [-0.1, -0.05) is 17.7 Å². The average molecular weight is 397 g/mol. The maximum absolute atomic E-state index is 12.5. The van der Waals surface area contributed by atoms with Gasteiger partial charge in [-0.2, -0.15) is 0 Å². The Hall–Kier alpha value is -2.99. The number of carbonyl (C=O) groups excluding carboxylic acids is 3. The second-order valence-corrected chi connectivity index (χ2v) is 7.69. The quantitative estimate of drug-likeness (QED) is 0.629. The van der Waals surface area contributed by atoms with Gasteiger partial charge in [0.1, 0.15) is 0 Å². The minimum atomic E-state index is -0.423. The molecule has 0 radical (unpaired) electrons. The van der Waals surface area contributed by atoms with Crippen LogP contribution in [0.25, 0.3) is 0 Å². The van der Waals surface area contributed by atoms with E-state index in [1.165, 1.54) is 6.92 Å². The summed E-state index contributed by atoms with van der Waals surface area (Å²) in [5.41, 5.74) is 5.24. The summed E-state index contributed by atoms with van der Waals surface area (Å²) >= 11 is 0. The van der Waals surface area contributed by atoms with Crippen molar-refractivity contribution >= 4 is 29.0 Å². The van der Waals surface area contributed by atoms with Crippen molar-refractivity contribution in [1.29, 1.82) is 0 Å². The molecule has 0 saturated heterocycles. The van der Waals surface area contributed by atoms with Gasteiger partial charge >= 0.3 is 0 Å². The van der Waals surface area contributed by atoms with Crippen LogP contribution in [0.1, 0.15) is 40.9 Å². The molecule has 6 nitrogen and oxygen atoms in total. The van der Waals surface area contributed by atoms with E-state index in [2.05, 4.69) is 10.6 Å². The fraction of sp³-hybridized carbons (Fsp3) is 0.348. The summed E-state index contributed by atoms with van der Waals surface area (Å²) in [5.74, 6) is -0.345. The number of anilines is 2. The minimum absolute atomic E-state index is 0.0227. The summed E-state index contributed by atoms with van der Waals surface area (Å²) in [7, 11) is 1.82. The van der Waals surface area contributed by atoms with Gasteiger partial charge < -0.3 is 15.5 Å². The Morgan fingerprint density at radius 3 is 2.03 bits per heavy atom. The first kappa shape index (κ1) is 22.3. The van der Waals surface area contributed by atoms with E-state index >= 15 is 0 Å². The largest absolute Gasteiger partial charge is 0.321 e. The van der Waals surface area contributed by atoms with Gasteiger partial charge in [0, 0.05) is 16.9 Å². The molecule has 6 heteroatoms. The van der Waals surface area contributed by atoms with E-state index in [0.29, 0.717) is 11.3 Å². The highest BCUT2D eigenvalue weighted by Crippen LogP contribution is 2.21. The number of amides is 2. The topological polar surface area (TPSA) is 79.7 Å². The van der Waals surface area contributed by atoms with Gasteiger partial charge in [0.2, 0.25) is 0 Å². The number of likely N-dealkylation sites (N-methyl/N-ethyl adjacent to an activating group) is 1. The number of ketones is 1. The van der Waals surface area contributed by atoms with Crippen LogP contribution in [0.4, 0.5) is 11.4 Å². The van der Waals surface area contributed by atoms with Crippen molar-refractivity contribution < 1.29 is 19.3 Å². The number of benzene rings is 2. The van der Waals surface area contributed by atoms with E-state index in [-0.39, 0.29) is 24.1 Å². The summed E-state index contributed by atoms with van der Waals surface area (Å²) < 4.78 is 0. The normalized spacial score (nSPS) is 12.8. The van der Waals surface area contributed by atoms with Crippen molar-refractivity contribution in [3.63, 3.8) is 0 Å². The molecule has 0 bridgehead atoms. The fourth-order valence-corrected chi connectivity index (χ4v) is 3.23. The molecule has 0 heterocycles. The smallest absolute Gasteiger partial charge is 0.282 e. The van der Waals surface area contributed by atoms with Crippen molar-refractivity contribution in [3.05, 3.63) is 58.7 Å². The molecule has 2 rings (SSSR count). The van der Waals surface area contributed by atoms with E-state index in [1.807, 2.05) is 40.0 Å². The van der Waals surface area contributed by atoms with Gasteiger partial charge in [-0.25, -0.2) is 0 Å². The summed E-state index contributed by atoms with van der Waals surface area (Å²) in [6.07, 6.45) is 0. The third-order valence-electron chi connectivity index (χ3n) is 5.07. The van der Waals surface area contributed by atoms with E-state index in [4.69, 9.17) is 0 Å². The predicted molar refractivity (Wildman–Crippen MR) is 116 cm³/mol. The predicted octanol–water partition coefficient (Wildman–Crippen LogP) is 2.29. The molecule has 2 amide bonds. The standard InChI is InChI=1S/C23H29N3O3/c1-14-11-15(2)22(16(3)12-14)25-21(28)13-26(6)17(4)23(29)24-20-9-7-19(8-10-20)18(5)27/h7-12,17H,13H2,1-6H3,(H,24,29)(H,25,28)/p+1/t17-/m0/s1. The first-order chi connectivity index (χ1) is 13.6. The van der Waals surface area contributed by atoms with Crippen LogP contribution in [0.3, 0.4) is 0 Å². The molecule has 29 heavy (non-hydrogen) atoms. The zero-order chi connectivity index (χ0) is 21.7. The highest BCUT2D eigenvalue weighted by atomic mass is 16.2. The number of hydrogen-bond donors (Lipinski definition) is 3. The van der Waals surface area contributed by atoms with Crippen LogP contribution in [0.5, 0.6) is 0 Å². The molecule has 0 aromatic heterocycles. The molecule has 0 aliphatic rings. The molecule has 0 fully saturated rings. The molecule has 0 aliphatic carbocycles. The van der Waals surface area contributed by atoms with E-state index in [0.717, 1.165) is 27.3 Å². The number of Topliss-reactive ketones (excluding diaryl/α,β-unsaturated/α-hetero) is 1. The highest BCUT2D eigenvalue weighted by molar-refractivity contribution is 5.97. The molecule has 0 saturated carbocycles. The summed E-state index contributed by atoms with van der Waals surface area (Å²) in [4.78, 5) is 37.2. The summed E-state index contributed by atoms with van der Waals surface area (Å²) in [6, 6.07) is 10.4. The second kappa shape index (κ2) is 9.47. The number of aryl methyl sites for hydroxylation is 3. The maximum Gasteiger partial charge on any atom is 0.282 e. The Bertz CT molecular complexity index is 896. The zero-order valence-corrected chi connectivity index (χ0v) is 18.0. The summed E-state index contributed by atoms with van der Waals surface area (Å²) in [5, 5.41) is 5.81. The second-order valence-electron chi connectivity index (χ2n) is 7.69. The Morgan fingerprint density at radius 1 is 0.966 bits per heavy atom. The van der Waals surface area contributed by atoms with Gasteiger partial charge in [-0.15, -0.1) is 0 Å². The number of hydrogen-bond acceptors (Lipinski definition) is 3. The fourth-order valence-electron chi connectivity index (χ4n) is 3.23. The molecular formula is C23H30N3O3+. The van der Waals surface area contributed by atoms with E-state index < -0.39 is 6.04 Å². The first-order valence-corrected chi connectivity index (χ1v) is 9.70. The molecule has 154 valence electrons. The lowest BCUT2D eigenvalue weighted by molar-refractivity contribution is -0.885. The van der Waals surface area contributed by atoms with Gasteiger partial charge in [-0.3, -0.25) is 14.4 Å². The molecule has 2 aromatic carbocycles. The SMILES string of the molecule is CC(=O)c1ccc(NC(=O)[C@H](C)[NH+](C)CC(=O)Nc2c(C)cc(C)cc2C)cc1. The molecule has 2 atom stereocenters. The van der Waals surface area contributed by atoms with Crippen molar-refractivity contribution in [3.8, 4) is 0 Å². The molecule has 2 aromatic rings. The summed E-state index contributed by atoms with van der Waals surface area (Å²) in [6.45, 7) is 9.42. The number of rotatable bonds is 7. The Balaban J connectivity index is 1.95. The number of quaternary nitrogens is 1. The third kappa shape index (κ3) is 5.99. The van der Waals surface area contributed by atoms with E-state index in [1.54, 1.807) is 31.2 Å². The molecular weight excluding hydrogens is 366 g/mol.